The number of likely N-dealkylation sites (N-methyl/N-ethyl adjacent to an activating group) is 2. The van der Waals surface area contributed by atoms with E-state index in [1.165, 1.54) is 25.1 Å². The molecule has 1 heterocycles. The summed E-state index contributed by atoms with van der Waals surface area (Å²) >= 11 is 6.32. The van der Waals surface area contributed by atoms with Crippen LogP contribution in [-0.2, 0) is 6.54 Å². The van der Waals surface area contributed by atoms with Crippen LogP contribution in [-0.4, -0.2) is 45.2 Å². The summed E-state index contributed by atoms with van der Waals surface area (Å²) in [7, 11) is 6.30. The second-order valence-corrected chi connectivity index (χ2v) is 5.87. The van der Waals surface area contributed by atoms with Crippen LogP contribution in [0.2, 0.25) is 5.02 Å². The Morgan fingerprint density at radius 2 is 2.26 bits per heavy atom. The van der Waals surface area contributed by atoms with E-state index in [0.717, 1.165) is 23.7 Å². The summed E-state index contributed by atoms with van der Waals surface area (Å²) in [6, 6.07) is 7.01. The molecule has 0 bridgehead atoms. The number of benzene rings is 1. The van der Waals surface area contributed by atoms with Crippen molar-refractivity contribution < 1.29 is 0 Å². The van der Waals surface area contributed by atoms with Crippen molar-refractivity contribution in [3.63, 3.8) is 0 Å². The lowest BCUT2D eigenvalue weighted by Gasteiger charge is -2.27. The molecule has 0 amide bonds. The van der Waals surface area contributed by atoms with Gasteiger partial charge in [0.2, 0.25) is 0 Å². The highest BCUT2D eigenvalue weighted by Crippen LogP contribution is 2.24. The van der Waals surface area contributed by atoms with Crippen LogP contribution < -0.4 is 10.2 Å². The molecule has 1 N–H and O–H groups in total. The highest BCUT2D eigenvalue weighted by molar-refractivity contribution is 6.31. The first kappa shape index (κ1) is 14.6. The van der Waals surface area contributed by atoms with Crippen molar-refractivity contribution in [1.82, 2.24) is 10.2 Å². The number of likely N-dealkylation sites (tertiary alicyclic amines) is 1. The Hall–Kier alpha value is -0.770. The molecule has 1 aliphatic heterocycles. The van der Waals surface area contributed by atoms with Gasteiger partial charge in [0.15, 0.2) is 0 Å². The van der Waals surface area contributed by atoms with Crippen LogP contribution in [0.25, 0.3) is 0 Å². The first-order valence-corrected chi connectivity index (χ1v) is 7.34. The Kier molecular flexibility index (Phi) is 5.08. The van der Waals surface area contributed by atoms with E-state index in [1.54, 1.807) is 0 Å². The standard InChI is InChI=1S/C15H24ClN3/c1-17-10-12-6-7-13(9-15(12)16)19(3)11-14-5-4-8-18(14)2/h6-7,9,14,17H,4-5,8,10-11H2,1-3H3. The molecule has 1 fully saturated rings. The van der Waals surface area contributed by atoms with Crippen molar-refractivity contribution in [3.05, 3.63) is 28.8 Å². The third kappa shape index (κ3) is 3.62. The molecule has 0 saturated carbocycles. The molecule has 0 aliphatic carbocycles. The Labute approximate surface area is 121 Å². The first-order valence-electron chi connectivity index (χ1n) is 6.96. The van der Waals surface area contributed by atoms with E-state index in [-0.39, 0.29) is 0 Å². The monoisotopic (exact) mass is 281 g/mol. The third-order valence-corrected chi connectivity index (χ3v) is 4.35. The van der Waals surface area contributed by atoms with E-state index in [2.05, 4.69) is 47.4 Å². The second kappa shape index (κ2) is 6.60. The molecule has 19 heavy (non-hydrogen) atoms. The van der Waals surface area contributed by atoms with Gasteiger partial charge < -0.3 is 15.1 Å². The Morgan fingerprint density at radius 1 is 1.47 bits per heavy atom. The van der Waals surface area contributed by atoms with E-state index < -0.39 is 0 Å². The summed E-state index contributed by atoms with van der Waals surface area (Å²) in [6.07, 6.45) is 2.61. The van der Waals surface area contributed by atoms with Crippen LogP contribution in [0.3, 0.4) is 0 Å². The van der Waals surface area contributed by atoms with Crippen LogP contribution in [0.5, 0.6) is 0 Å². The molecule has 4 heteroatoms. The Bertz CT molecular complexity index is 422. The molecule has 0 aromatic heterocycles. The van der Waals surface area contributed by atoms with Crippen molar-refractivity contribution in [2.75, 3.05) is 39.1 Å². The normalized spacial score (nSPS) is 19.9. The van der Waals surface area contributed by atoms with Gasteiger partial charge in [0.1, 0.15) is 0 Å². The fourth-order valence-corrected chi connectivity index (χ4v) is 2.98. The second-order valence-electron chi connectivity index (χ2n) is 5.46. The van der Waals surface area contributed by atoms with E-state index in [1.807, 2.05) is 7.05 Å². The number of nitrogens with zero attached hydrogens (tertiary/aromatic N) is 2. The molecule has 1 atom stereocenters. The minimum atomic E-state index is 0.667. The van der Waals surface area contributed by atoms with E-state index in [0.29, 0.717) is 6.04 Å². The minimum absolute atomic E-state index is 0.667. The highest BCUT2D eigenvalue weighted by atomic mass is 35.5. The predicted octanol–water partition coefficient (Wildman–Crippen LogP) is 2.59. The smallest absolute Gasteiger partial charge is 0.0471 e. The van der Waals surface area contributed by atoms with Crippen LogP contribution in [0.1, 0.15) is 18.4 Å². The molecule has 3 nitrogen and oxygen atoms in total. The maximum atomic E-state index is 6.32. The zero-order chi connectivity index (χ0) is 13.8. The maximum Gasteiger partial charge on any atom is 0.0471 e. The average molecular weight is 282 g/mol. The molecule has 0 radical (unpaired) electrons. The molecular weight excluding hydrogens is 258 g/mol. The summed E-state index contributed by atoms with van der Waals surface area (Å²) in [5, 5.41) is 3.98. The van der Waals surface area contributed by atoms with Crippen LogP contribution >= 0.6 is 11.6 Å². The summed E-state index contributed by atoms with van der Waals surface area (Å²) in [6.45, 7) is 3.10. The fraction of sp³-hybridized carbons (Fsp3) is 0.600. The summed E-state index contributed by atoms with van der Waals surface area (Å²) in [5.74, 6) is 0. The van der Waals surface area contributed by atoms with Gasteiger partial charge in [0, 0.05) is 36.9 Å². The topological polar surface area (TPSA) is 18.5 Å². The summed E-state index contributed by atoms with van der Waals surface area (Å²) < 4.78 is 0. The van der Waals surface area contributed by atoms with Gasteiger partial charge in [-0.25, -0.2) is 0 Å². The van der Waals surface area contributed by atoms with Gasteiger partial charge in [0.05, 0.1) is 0 Å². The summed E-state index contributed by atoms with van der Waals surface area (Å²) in [4.78, 5) is 4.76. The maximum absolute atomic E-state index is 6.32. The molecule has 1 aromatic carbocycles. The van der Waals surface area contributed by atoms with Gasteiger partial charge in [-0.2, -0.15) is 0 Å². The molecular formula is C15H24ClN3. The van der Waals surface area contributed by atoms with Crippen LogP contribution in [0.4, 0.5) is 5.69 Å². The lowest BCUT2D eigenvalue weighted by Crippen LogP contribution is -2.36. The van der Waals surface area contributed by atoms with Crippen molar-refractivity contribution in [3.8, 4) is 0 Å². The van der Waals surface area contributed by atoms with Crippen molar-refractivity contribution in [2.45, 2.75) is 25.4 Å². The number of nitrogens with one attached hydrogen (secondary N) is 1. The largest absolute Gasteiger partial charge is 0.373 e. The average Bonchev–Trinajstić information content (AvgIpc) is 2.78. The Balaban J connectivity index is 2.02. The lowest BCUT2D eigenvalue weighted by atomic mass is 10.1. The fourth-order valence-electron chi connectivity index (χ4n) is 2.74. The molecule has 106 valence electrons. The van der Waals surface area contributed by atoms with Gasteiger partial charge in [-0.3, -0.25) is 0 Å². The molecule has 0 spiro atoms. The van der Waals surface area contributed by atoms with Gasteiger partial charge in [-0.15, -0.1) is 0 Å². The van der Waals surface area contributed by atoms with Gasteiger partial charge in [-0.05, 0) is 51.2 Å². The van der Waals surface area contributed by atoms with E-state index in [9.17, 15) is 0 Å². The summed E-state index contributed by atoms with van der Waals surface area (Å²) in [5.41, 5.74) is 2.35. The lowest BCUT2D eigenvalue weighted by molar-refractivity contribution is 0.314. The Morgan fingerprint density at radius 3 is 2.84 bits per heavy atom. The van der Waals surface area contributed by atoms with Crippen molar-refractivity contribution in [2.24, 2.45) is 0 Å². The molecule has 1 saturated heterocycles. The number of halogens is 1. The SMILES string of the molecule is CNCc1ccc(N(C)CC2CCCN2C)cc1Cl. The molecule has 1 aliphatic rings. The highest BCUT2D eigenvalue weighted by Gasteiger charge is 2.22. The number of hydrogen-bond acceptors (Lipinski definition) is 3. The quantitative estimate of drug-likeness (QED) is 0.895. The number of anilines is 1. The van der Waals surface area contributed by atoms with Gasteiger partial charge in [-0.1, -0.05) is 17.7 Å². The van der Waals surface area contributed by atoms with Gasteiger partial charge >= 0.3 is 0 Å². The van der Waals surface area contributed by atoms with Crippen LogP contribution in [0.15, 0.2) is 18.2 Å². The molecule has 1 aromatic rings. The van der Waals surface area contributed by atoms with Gasteiger partial charge in [0.25, 0.3) is 0 Å². The third-order valence-electron chi connectivity index (χ3n) is 4.00. The number of hydrogen-bond donors (Lipinski definition) is 1. The van der Waals surface area contributed by atoms with Crippen molar-refractivity contribution >= 4 is 17.3 Å². The van der Waals surface area contributed by atoms with Crippen LogP contribution in [0, 0.1) is 0 Å². The molecule has 1 unspecified atom stereocenters. The predicted molar refractivity (Wildman–Crippen MR) is 83.1 cm³/mol. The minimum Gasteiger partial charge on any atom is -0.373 e. The first-order chi connectivity index (χ1) is 9.11. The molecule has 2 rings (SSSR count). The number of rotatable bonds is 5. The zero-order valence-corrected chi connectivity index (χ0v) is 12.9. The van der Waals surface area contributed by atoms with E-state index >= 15 is 0 Å². The zero-order valence-electron chi connectivity index (χ0n) is 12.1. The van der Waals surface area contributed by atoms with E-state index in [4.69, 9.17) is 11.6 Å². The van der Waals surface area contributed by atoms with Crippen molar-refractivity contribution in [1.29, 1.82) is 0 Å².